The first kappa shape index (κ1) is 18.9. The van der Waals surface area contributed by atoms with Crippen LogP contribution in [0.25, 0.3) is 0 Å². The third-order valence-electron chi connectivity index (χ3n) is 3.71. The van der Waals surface area contributed by atoms with Gasteiger partial charge in [-0.3, -0.25) is 4.79 Å². The normalized spacial score (nSPS) is 10.4. The molecule has 0 saturated heterocycles. The monoisotopic (exact) mass is 403 g/mol. The molecule has 8 heteroatoms. The Morgan fingerprint density at radius 3 is 2.48 bits per heavy atom. The molecule has 0 aliphatic heterocycles. The predicted molar refractivity (Wildman–Crippen MR) is 104 cm³/mol. The van der Waals surface area contributed by atoms with Crippen molar-refractivity contribution in [3.05, 3.63) is 70.5 Å². The van der Waals surface area contributed by atoms with E-state index in [2.05, 4.69) is 9.97 Å². The van der Waals surface area contributed by atoms with Crippen LogP contribution in [0.4, 0.5) is 5.69 Å². The maximum Gasteiger partial charge on any atom is 0.263 e. The Balaban J connectivity index is 1.95. The van der Waals surface area contributed by atoms with E-state index in [9.17, 15) is 4.79 Å². The van der Waals surface area contributed by atoms with E-state index in [1.54, 1.807) is 55.7 Å². The number of aromatic nitrogens is 2. The van der Waals surface area contributed by atoms with Crippen molar-refractivity contribution in [2.45, 2.75) is 0 Å². The average Bonchev–Trinajstić information content (AvgIpc) is 2.70. The summed E-state index contributed by atoms with van der Waals surface area (Å²) in [6.45, 7) is 0. The number of pyridine rings is 2. The van der Waals surface area contributed by atoms with Crippen molar-refractivity contribution < 1.29 is 14.3 Å². The van der Waals surface area contributed by atoms with Crippen LogP contribution in [0.2, 0.25) is 10.0 Å². The minimum Gasteiger partial charge on any atom is -0.480 e. The molecule has 2 aromatic heterocycles. The van der Waals surface area contributed by atoms with Gasteiger partial charge >= 0.3 is 0 Å². The summed E-state index contributed by atoms with van der Waals surface area (Å²) in [4.78, 5) is 22.7. The Labute approximate surface area is 166 Å². The maximum atomic E-state index is 13.0. The Bertz CT molecular complexity index is 982. The van der Waals surface area contributed by atoms with Gasteiger partial charge in [-0.2, -0.15) is 0 Å². The summed E-state index contributed by atoms with van der Waals surface area (Å²) in [7, 11) is 3.11. The van der Waals surface area contributed by atoms with Gasteiger partial charge in [-0.05, 0) is 36.4 Å². The number of hydrogen-bond donors (Lipinski definition) is 0. The highest BCUT2D eigenvalue weighted by molar-refractivity contribution is 6.34. The van der Waals surface area contributed by atoms with Crippen molar-refractivity contribution in [1.82, 2.24) is 9.97 Å². The zero-order valence-electron chi connectivity index (χ0n) is 14.5. The number of carbonyl (C=O) groups is 1. The fraction of sp³-hybridized carbons (Fsp3) is 0.105. The summed E-state index contributed by atoms with van der Waals surface area (Å²) in [5.74, 6) is 0.403. The van der Waals surface area contributed by atoms with Crippen LogP contribution in [0.15, 0.2) is 54.9 Å². The summed E-state index contributed by atoms with van der Waals surface area (Å²) in [6.07, 6.45) is 3.11. The second-order valence-electron chi connectivity index (χ2n) is 5.43. The number of benzene rings is 1. The van der Waals surface area contributed by atoms with E-state index in [4.69, 9.17) is 32.7 Å². The van der Waals surface area contributed by atoms with Crippen molar-refractivity contribution in [3.8, 4) is 17.5 Å². The number of rotatable bonds is 5. The van der Waals surface area contributed by atoms with Crippen molar-refractivity contribution in [1.29, 1.82) is 0 Å². The van der Waals surface area contributed by atoms with E-state index in [-0.39, 0.29) is 17.4 Å². The summed E-state index contributed by atoms with van der Waals surface area (Å²) in [6, 6.07) is 11.5. The van der Waals surface area contributed by atoms with E-state index in [1.165, 1.54) is 18.2 Å². The lowest BCUT2D eigenvalue weighted by atomic mass is 10.2. The molecule has 0 bridgehead atoms. The van der Waals surface area contributed by atoms with Crippen LogP contribution < -0.4 is 14.4 Å². The standard InChI is InChI=1S/C19H15Cl2N3O3/c1-24(15-6-4-10-23-18(15)26-2)19(25)13-5-3-9-22-17(13)27-16-11-12(20)7-8-14(16)21/h3-11H,1-2H3. The van der Waals surface area contributed by atoms with Crippen LogP contribution in [0, 0.1) is 0 Å². The highest BCUT2D eigenvalue weighted by atomic mass is 35.5. The Hall–Kier alpha value is -2.83. The van der Waals surface area contributed by atoms with E-state index in [0.717, 1.165) is 0 Å². The summed E-state index contributed by atoms with van der Waals surface area (Å²) >= 11 is 12.1. The molecule has 0 N–H and O–H groups in total. The molecule has 0 saturated carbocycles. The van der Waals surface area contributed by atoms with Gasteiger partial charge in [0.2, 0.25) is 11.8 Å². The van der Waals surface area contributed by atoms with Crippen molar-refractivity contribution in [3.63, 3.8) is 0 Å². The highest BCUT2D eigenvalue weighted by Crippen LogP contribution is 2.33. The number of anilines is 1. The number of carbonyl (C=O) groups excluding carboxylic acids is 1. The van der Waals surface area contributed by atoms with Crippen LogP contribution in [-0.2, 0) is 0 Å². The van der Waals surface area contributed by atoms with Gasteiger partial charge in [-0.15, -0.1) is 0 Å². The molecule has 27 heavy (non-hydrogen) atoms. The molecule has 138 valence electrons. The number of amides is 1. The number of hydrogen-bond acceptors (Lipinski definition) is 5. The van der Waals surface area contributed by atoms with Gasteiger partial charge < -0.3 is 14.4 Å². The average molecular weight is 404 g/mol. The number of ether oxygens (including phenoxy) is 2. The lowest BCUT2D eigenvalue weighted by molar-refractivity contribution is 0.0989. The largest absolute Gasteiger partial charge is 0.480 e. The molecule has 3 aromatic rings. The van der Waals surface area contributed by atoms with Gasteiger partial charge in [0.25, 0.3) is 5.91 Å². The SMILES string of the molecule is COc1ncccc1N(C)C(=O)c1cccnc1Oc1cc(Cl)ccc1Cl. The number of halogens is 2. The minimum absolute atomic E-state index is 0.112. The number of nitrogens with zero attached hydrogens (tertiary/aromatic N) is 3. The van der Waals surface area contributed by atoms with E-state index in [0.29, 0.717) is 27.4 Å². The fourth-order valence-electron chi connectivity index (χ4n) is 2.38. The smallest absolute Gasteiger partial charge is 0.263 e. The van der Waals surface area contributed by atoms with Crippen LogP contribution in [0.1, 0.15) is 10.4 Å². The molecule has 6 nitrogen and oxygen atoms in total. The molecule has 0 unspecified atom stereocenters. The van der Waals surface area contributed by atoms with Gasteiger partial charge in [0, 0.05) is 30.5 Å². The zero-order valence-corrected chi connectivity index (χ0v) is 16.0. The molecule has 0 radical (unpaired) electrons. The quantitative estimate of drug-likeness (QED) is 0.608. The lowest BCUT2D eigenvalue weighted by Gasteiger charge is -2.20. The highest BCUT2D eigenvalue weighted by Gasteiger charge is 2.22. The van der Waals surface area contributed by atoms with Gasteiger partial charge in [0.05, 0.1) is 12.1 Å². The van der Waals surface area contributed by atoms with E-state index >= 15 is 0 Å². The molecule has 0 aliphatic carbocycles. The first-order chi connectivity index (χ1) is 13.0. The molecular weight excluding hydrogens is 389 g/mol. The van der Waals surface area contributed by atoms with Crippen molar-refractivity contribution in [2.24, 2.45) is 0 Å². The Kier molecular flexibility index (Phi) is 5.78. The third kappa shape index (κ3) is 4.13. The molecular formula is C19H15Cl2N3O3. The lowest BCUT2D eigenvalue weighted by Crippen LogP contribution is -2.27. The zero-order chi connectivity index (χ0) is 19.4. The van der Waals surface area contributed by atoms with Crippen molar-refractivity contribution in [2.75, 3.05) is 19.1 Å². The van der Waals surface area contributed by atoms with Crippen LogP contribution >= 0.6 is 23.2 Å². The van der Waals surface area contributed by atoms with Crippen LogP contribution in [0.5, 0.6) is 17.5 Å². The second-order valence-corrected chi connectivity index (χ2v) is 6.27. The molecule has 2 heterocycles. The first-order valence-corrected chi connectivity index (χ1v) is 8.62. The molecule has 0 fully saturated rings. The first-order valence-electron chi connectivity index (χ1n) is 7.86. The summed E-state index contributed by atoms with van der Waals surface area (Å²) in [5, 5.41) is 0.807. The summed E-state index contributed by atoms with van der Waals surface area (Å²) < 4.78 is 11.0. The van der Waals surface area contributed by atoms with Crippen molar-refractivity contribution >= 4 is 34.8 Å². The molecule has 0 aliphatic rings. The molecule has 0 spiro atoms. The Morgan fingerprint density at radius 1 is 1.04 bits per heavy atom. The minimum atomic E-state index is -0.345. The maximum absolute atomic E-state index is 13.0. The fourth-order valence-corrected chi connectivity index (χ4v) is 2.70. The second kappa shape index (κ2) is 8.24. The van der Waals surface area contributed by atoms with E-state index in [1.807, 2.05) is 0 Å². The van der Waals surface area contributed by atoms with Crippen LogP contribution in [-0.4, -0.2) is 30.0 Å². The predicted octanol–water partition coefficient (Wildman–Crippen LogP) is 4.86. The van der Waals surface area contributed by atoms with E-state index < -0.39 is 0 Å². The van der Waals surface area contributed by atoms with Gasteiger partial charge in [0.1, 0.15) is 17.0 Å². The molecule has 0 atom stereocenters. The molecule has 3 rings (SSSR count). The molecule has 1 aromatic carbocycles. The number of methoxy groups -OCH3 is 1. The van der Waals surface area contributed by atoms with Gasteiger partial charge in [-0.25, -0.2) is 9.97 Å². The van der Waals surface area contributed by atoms with Gasteiger partial charge in [-0.1, -0.05) is 23.2 Å². The Morgan fingerprint density at radius 2 is 1.74 bits per heavy atom. The van der Waals surface area contributed by atoms with Gasteiger partial charge in [0.15, 0.2) is 0 Å². The topological polar surface area (TPSA) is 64.5 Å². The summed E-state index contributed by atoms with van der Waals surface area (Å²) in [5.41, 5.74) is 0.766. The third-order valence-corrected chi connectivity index (χ3v) is 4.26. The van der Waals surface area contributed by atoms with Crippen LogP contribution in [0.3, 0.4) is 0 Å². The molecule has 1 amide bonds.